The van der Waals surface area contributed by atoms with Crippen LogP contribution in [0.3, 0.4) is 0 Å². The van der Waals surface area contributed by atoms with Crippen LogP contribution in [0.15, 0.2) is 133 Å². The fourth-order valence-electron chi connectivity index (χ4n) is 13.2. The molecule has 2 heterocycles. The summed E-state index contributed by atoms with van der Waals surface area (Å²) in [4.78, 5) is 5.42. The van der Waals surface area contributed by atoms with Gasteiger partial charge in [0.15, 0.2) is 0 Å². The predicted molar refractivity (Wildman–Crippen MR) is 299 cm³/mol. The van der Waals surface area contributed by atoms with Gasteiger partial charge in [-0.1, -0.05) is 188 Å². The fraction of sp³-hybridized carbons (Fsp3) is 0.364. The van der Waals surface area contributed by atoms with E-state index in [0.29, 0.717) is 0 Å². The van der Waals surface area contributed by atoms with Gasteiger partial charge in [-0.2, -0.15) is 0 Å². The Morgan fingerprint density at radius 1 is 0.406 bits per heavy atom. The minimum atomic E-state index is -0.130. The summed E-state index contributed by atoms with van der Waals surface area (Å²) in [6.45, 7) is 36.3. The SMILES string of the molecule is Cc1cc2c(cc1N1c3ccc(-c4ccccc4)cc3B3c4cc5c(cc4N(c4ccc(C(C)(C)C)cc4-c4ccccc4)c4cc(C(C)(C)C)cc1c43)C(C)(C)CCC5(C)C)C(C)(C)CC2(C)C. The van der Waals surface area contributed by atoms with Gasteiger partial charge in [0.2, 0.25) is 0 Å². The molecule has 0 N–H and O–H groups in total. The first kappa shape index (κ1) is 45.6. The third kappa shape index (κ3) is 7.18. The smallest absolute Gasteiger partial charge is 0.252 e. The number of nitrogens with zero attached hydrogens (tertiary/aromatic N) is 2. The van der Waals surface area contributed by atoms with E-state index in [4.69, 9.17) is 0 Å². The Labute approximate surface area is 415 Å². The maximum atomic E-state index is 2.72. The van der Waals surface area contributed by atoms with Crippen molar-refractivity contribution in [2.45, 2.75) is 156 Å². The van der Waals surface area contributed by atoms with Crippen molar-refractivity contribution in [3.63, 3.8) is 0 Å². The molecule has 0 unspecified atom stereocenters. The van der Waals surface area contributed by atoms with Crippen molar-refractivity contribution < 1.29 is 0 Å². The first-order chi connectivity index (χ1) is 32.4. The zero-order valence-electron chi connectivity index (χ0n) is 44.3. The summed E-state index contributed by atoms with van der Waals surface area (Å²) in [6, 6.07) is 52.6. The van der Waals surface area contributed by atoms with E-state index in [-0.39, 0.29) is 39.2 Å². The van der Waals surface area contributed by atoms with Crippen molar-refractivity contribution in [2.24, 2.45) is 0 Å². The van der Waals surface area contributed by atoms with Crippen LogP contribution in [0.4, 0.5) is 34.1 Å². The lowest BCUT2D eigenvalue weighted by atomic mass is 9.33. The summed E-state index contributed by atoms with van der Waals surface area (Å²) in [7, 11) is 0. The van der Waals surface area contributed by atoms with Gasteiger partial charge in [-0.25, -0.2) is 0 Å². The Morgan fingerprint density at radius 2 is 0.899 bits per heavy atom. The Morgan fingerprint density at radius 3 is 1.49 bits per heavy atom. The number of benzene rings is 7. The van der Waals surface area contributed by atoms with Crippen LogP contribution in [0.5, 0.6) is 0 Å². The molecule has 0 aromatic heterocycles. The molecule has 4 aliphatic rings. The Bertz CT molecular complexity index is 3230. The minimum absolute atomic E-state index is 0.00421. The molecule has 3 heteroatoms. The minimum Gasteiger partial charge on any atom is -0.311 e. The normalized spacial score (nSPS) is 18.0. The number of rotatable bonds is 4. The first-order valence-corrected chi connectivity index (χ1v) is 25.9. The maximum Gasteiger partial charge on any atom is 0.252 e. The average Bonchev–Trinajstić information content (AvgIpc) is 3.47. The van der Waals surface area contributed by atoms with E-state index in [1.807, 2.05) is 0 Å². The van der Waals surface area contributed by atoms with Gasteiger partial charge in [-0.15, -0.1) is 0 Å². The van der Waals surface area contributed by atoms with E-state index < -0.39 is 0 Å². The van der Waals surface area contributed by atoms with Gasteiger partial charge in [0.1, 0.15) is 0 Å². The second-order valence-electron chi connectivity index (χ2n) is 26.1. The molecule has 2 nitrogen and oxygen atoms in total. The highest BCUT2D eigenvalue weighted by atomic mass is 15.2. The molecular weight excluding hydrogens is 832 g/mol. The molecule has 0 saturated heterocycles. The third-order valence-corrected chi connectivity index (χ3v) is 17.1. The first-order valence-electron chi connectivity index (χ1n) is 25.9. The van der Waals surface area contributed by atoms with Crippen LogP contribution >= 0.6 is 0 Å². The summed E-state index contributed by atoms with van der Waals surface area (Å²) in [6.07, 6.45) is 3.45. The fourth-order valence-corrected chi connectivity index (χ4v) is 13.2. The molecule has 0 fully saturated rings. The molecular formula is C66H73BN2. The van der Waals surface area contributed by atoms with Crippen molar-refractivity contribution in [2.75, 3.05) is 9.80 Å². The molecule has 0 radical (unpaired) electrons. The van der Waals surface area contributed by atoms with Gasteiger partial charge in [0.25, 0.3) is 6.71 Å². The van der Waals surface area contributed by atoms with Crippen LogP contribution in [0.2, 0.25) is 0 Å². The lowest BCUT2D eigenvalue weighted by molar-refractivity contribution is 0.332. The zero-order valence-corrected chi connectivity index (χ0v) is 44.3. The van der Waals surface area contributed by atoms with Crippen LogP contribution < -0.4 is 26.2 Å². The number of fused-ring (bicyclic) bond motifs is 6. The molecule has 7 aromatic rings. The van der Waals surface area contributed by atoms with Crippen molar-refractivity contribution in [3.8, 4) is 22.3 Å². The quantitative estimate of drug-likeness (QED) is 0.162. The summed E-state index contributed by atoms with van der Waals surface area (Å²) < 4.78 is 0. The van der Waals surface area contributed by atoms with E-state index in [1.165, 1.54) is 112 Å². The molecule has 0 spiro atoms. The van der Waals surface area contributed by atoms with E-state index in [0.717, 1.165) is 19.3 Å². The van der Waals surface area contributed by atoms with Gasteiger partial charge in [-0.3, -0.25) is 0 Å². The Balaban J connectivity index is 1.31. The highest BCUT2D eigenvalue weighted by Gasteiger charge is 2.49. The molecule has 350 valence electrons. The molecule has 0 atom stereocenters. The highest BCUT2D eigenvalue weighted by molar-refractivity contribution is 7.00. The van der Waals surface area contributed by atoms with E-state index in [2.05, 4.69) is 247 Å². The molecule has 7 aromatic carbocycles. The molecule has 0 saturated carbocycles. The van der Waals surface area contributed by atoms with Crippen LogP contribution in [0.1, 0.15) is 155 Å². The number of hydrogen-bond acceptors (Lipinski definition) is 2. The van der Waals surface area contributed by atoms with Crippen LogP contribution in [-0.2, 0) is 32.5 Å². The van der Waals surface area contributed by atoms with E-state index >= 15 is 0 Å². The molecule has 0 bridgehead atoms. The summed E-state index contributed by atoms with van der Waals surface area (Å²) >= 11 is 0. The summed E-state index contributed by atoms with van der Waals surface area (Å²) in [5.74, 6) is 0. The summed E-state index contributed by atoms with van der Waals surface area (Å²) in [5.41, 5.74) is 26.8. The maximum absolute atomic E-state index is 2.72. The van der Waals surface area contributed by atoms with Crippen molar-refractivity contribution >= 4 is 57.2 Å². The lowest BCUT2D eigenvalue weighted by Crippen LogP contribution is -2.62. The van der Waals surface area contributed by atoms with Gasteiger partial charge < -0.3 is 9.80 Å². The van der Waals surface area contributed by atoms with Gasteiger partial charge in [0, 0.05) is 34.0 Å². The Hall–Kier alpha value is -5.80. The van der Waals surface area contributed by atoms with Crippen molar-refractivity contribution in [1.82, 2.24) is 0 Å². The standard InChI is InChI=1S/C66H73BN2/c1-41-32-48-51(66(14,15)40-65(48,12)13)38-56(41)69-55-28-26-44(42-22-18-16-19-23-42)33-52(55)67-53-37-49-50(64(10,11)31-30-63(49,8)9)39-57(53)68(58-35-46(62(5,6)7)36-59(69)60(58)67)54-29-27-45(61(2,3)4)34-47(54)43-24-20-17-21-25-43/h16-29,32-39H,30-31,40H2,1-15H3. The molecule has 0 amide bonds. The van der Waals surface area contributed by atoms with Crippen molar-refractivity contribution in [1.29, 1.82) is 0 Å². The van der Waals surface area contributed by atoms with Gasteiger partial charge in [0.05, 0.1) is 5.69 Å². The number of anilines is 6. The highest BCUT2D eigenvalue weighted by Crippen LogP contribution is 2.55. The van der Waals surface area contributed by atoms with Crippen LogP contribution in [0, 0.1) is 6.92 Å². The van der Waals surface area contributed by atoms with Crippen LogP contribution in [0.25, 0.3) is 22.3 Å². The van der Waals surface area contributed by atoms with E-state index in [1.54, 1.807) is 0 Å². The number of hydrogen-bond donors (Lipinski definition) is 0. The monoisotopic (exact) mass is 905 g/mol. The van der Waals surface area contributed by atoms with Crippen LogP contribution in [-0.4, -0.2) is 6.71 Å². The number of aryl methyl sites for hydroxylation is 1. The molecule has 69 heavy (non-hydrogen) atoms. The topological polar surface area (TPSA) is 6.48 Å². The Kier molecular flexibility index (Phi) is 9.99. The zero-order chi connectivity index (χ0) is 49.0. The van der Waals surface area contributed by atoms with E-state index in [9.17, 15) is 0 Å². The lowest BCUT2D eigenvalue weighted by Gasteiger charge is -2.48. The van der Waals surface area contributed by atoms with Gasteiger partial charge >= 0.3 is 0 Å². The molecule has 2 aliphatic heterocycles. The molecule has 11 rings (SSSR count). The molecule has 2 aliphatic carbocycles. The van der Waals surface area contributed by atoms with Gasteiger partial charge in [-0.05, 0) is 173 Å². The van der Waals surface area contributed by atoms with Crippen molar-refractivity contribution in [3.05, 3.63) is 172 Å². The second-order valence-corrected chi connectivity index (χ2v) is 26.1. The summed E-state index contributed by atoms with van der Waals surface area (Å²) in [5, 5.41) is 0. The average molecular weight is 905 g/mol. The largest absolute Gasteiger partial charge is 0.311 e. The third-order valence-electron chi connectivity index (χ3n) is 17.1. The second kappa shape index (κ2) is 15.1. The predicted octanol–water partition coefficient (Wildman–Crippen LogP) is 16.3.